The van der Waals surface area contributed by atoms with Gasteiger partial charge >= 0.3 is 0 Å². The highest BCUT2D eigenvalue weighted by atomic mass is 15.1. The lowest BCUT2D eigenvalue weighted by Gasteiger charge is -2.38. The maximum Gasteiger partial charge on any atom is 0.0731 e. The van der Waals surface area contributed by atoms with E-state index in [0.717, 1.165) is 44.2 Å². The van der Waals surface area contributed by atoms with E-state index < -0.39 is 5.41 Å². The van der Waals surface area contributed by atoms with Crippen molar-refractivity contribution in [2.45, 2.75) is 56.3 Å². The molecule has 13 rings (SSSR count). The number of benzene rings is 5. The topological polar surface area (TPSA) is 3.24 Å². The normalized spacial score (nSPS) is 23.1. The molecule has 0 N–H and O–H groups in total. The molecule has 5 aromatic carbocycles. The number of para-hydroxylation sites is 1. The molecule has 60 heavy (non-hydrogen) atoms. The van der Waals surface area contributed by atoms with Gasteiger partial charge in [0.05, 0.1) is 16.5 Å². The fourth-order valence-electron chi connectivity index (χ4n) is 12.6. The minimum atomic E-state index is -0.421. The molecule has 8 aliphatic carbocycles. The number of hydrogen-bond acceptors (Lipinski definition) is 1. The van der Waals surface area contributed by atoms with E-state index in [-0.39, 0.29) is 5.41 Å². The van der Waals surface area contributed by atoms with Crippen LogP contribution in [0.2, 0.25) is 0 Å². The fourth-order valence-corrected chi connectivity index (χ4v) is 12.6. The smallest absolute Gasteiger partial charge is 0.0731 e. The molecule has 0 saturated heterocycles. The van der Waals surface area contributed by atoms with Gasteiger partial charge in [-0.25, -0.2) is 0 Å². The molecule has 1 spiro atoms. The van der Waals surface area contributed by atoms with Crippen LogP contribution in [0.1, 0.15) is 88.6 Å². The monoisotopic (exact) mass is 767 g/mol. The van der Waals surface area contributed by atoms with Crippen molar-refractivity contribution in [3.63, 3.8) is 0 Å². The van der Waals surface area contributed by atoms with Gasteiger partial charge < -0.3 is 4.90 Å². The van der Waals surface area contributed by atoms with E-state index in [0.29, 0.717) is 0 Å². The number of nitrogens with zero attached hydrogens (tertiary/aromatic N) is 1. The van der Waals surface area contributed by atoms with Gasteiger partial charge in [0, 0.05) is 16.9 Å². The van der Waals surface area contributed by atoms with Crippen molar-refractivity contribution in [1.82, 2.24) is 0 Å². The minimum absolute atomic E-state index is 0.293. The van der Waals surface area contributed by atoms with Crippen LogP contribution in [0.4, 0.5) is 17.1 Å². The molecule has 1 heteroatoms. The summed E-state index contributed by atoms with van der Waals surface area (Å²) in [6.07, 6.45) is 34.8. The van der Waals surface area contributed by atoms with Crippen LogP contribution < -0.4 is 4.90 Å². The molecular formula is C59H45N. The zero-order valence-corrected chi connectivity index (χ0v) is 34.0. The van der Waals surface area contributed by atoms with Crippen LogP contribution in [0.15, 0.2) is 204 Å². The highest BCUT2D eigenvalue weighted by Gasteiger charge is 2.60. The molecule has 0 heterocycles. The molecule has 0 bridgehead atoms. The molecule has 0 fully saturated rings. The van der Waals surface area contributed by atoms with Crippen molar-refractivity contribution in [1.29, 1.82) is 0 Å². The Balaban J connectivity index is 1.09. The van der Waals surface area contributed by atoms with E-state index >= 15 is 0 Å². The van der Waals surface area contributed by atoms with Crippen molar-refractivity contribution >= 4 is 39.4 Å². The van der Waals surface area contributed by atoms with Crippen molar-refractivity contribution in [3.8, 4) is 0 Å². The van der Waals surface area contributed by atoms with Gasteiger partial charge in [-0.05, 0) is 159 Å². The first-order valence-electron chi connectivity index (χ1n) is 22.0. The van der Waals surface area contributed by atoms with Crippen LogP contribution in [0, 0.1) is 6.92 Å². The van der Waals surface area contributed by atoms with E-state index in [9.17, 15) is 0 Å². The first-order valence-corrected chi connectivity index (χ1v) is 22.0. The summed E-state index contributed by atoms with van der Waals surface area (Å²) in [5.41, 5.74) is 27.1. The second kappa shape index (κ2) is 12.7. The maximum atomic E-state index is 2.57. The second-order valence-corrected chi connectivity index (χ2v) is 17.6. The summed E-state index contributed by atoms with van der Waals surface area (Å²) in [5.74, 6) is 0. The van der Waals surface area contributed by atoms with Crippen LogP contribution in [0.25, 0.3) is 22.3 Å². The van der Waals surface area contributed by atoms with E-state index in [2.05, 4.69) is 194 Å². The zero-order chi connectivity index (χ0) is 39.6. The molecule has 286 valence electrons. The van der Waals surface area contributed by atoms with E-state index in [1.807, 2.05) is 0 Å². The third-order valence-corrected chi connectivity index (χ3v) is 14.8. The molecule has 0 aromatic heterocycles. The molecule has 0 saturated carbocycles. The Kier molecular flexibility index (Phi) is 7.21. The van der Waals surface area contributed by atoms with Crippen LogP contribution in [0.3, 0.4) is 0 Å². The largest absolute Gasteiger partial charge is 0.310 e. The Hall–Kier alpha value is -6.70. The molecule has 2 unspecified atom stereocenters. The Morgan fingerprint density at radius 1 is 0.583 bits per heavy atom. The Bertz CT molecular complexity index is 3070. The summed E-state index contributed by atoms with van der Waals surface area (Å²) >= 11 is 0. The van der Waals surface area contributed by atoms with Crippen LogP contribution in [0.5, 0.6) is 0 Å². The first kappa shape index (κ1) is 34.2. The van der Waals surface area contributed by atoms with Crippen LogP contribution in [-0.2, 0) is 10.8 Å². The molecule has 8 aliphatic rings. The van der Waals surface area contributed by atoms with E-state index in [1.165, 1.54) is 100 Å². The highest BCUT2D eigenvalue weighted by Crippen LogP contribution is 2.72. The summed E-state index contributed by atoms with van der Waals surface area (Å²) in [6.45, 7) is 2.20. The molecule has 1 nitrogen and oxygen atoms in total. The van der Waals surface area contributed by atoms with Crippen molar-refractivity contribution in [3.05, 3.63) is 254 Å². The average Bonchev–Trinajstić information content (AvgIpc) is 3.79. The van der Waals surface area contributed by atoms with Crippen molar-refractivity contribution in [2.75, 3.05) is 4.90 Å². The van der Waals surface area contributed by atoms with E-state index in [4.69, 9.17) is 0 Å². The lowest BCUT2D eigenvalue weighted by Crippen LogP contribution is -2.31. The number of anilines is 3. The number of fused-ring (bicyclic) bond motifs is 6. The Labute approximate surface area is 353 Å². The average molecular weight is 768 g/mol. The highest BCUT2D eigenvalue weighted by molar-refractivity contribution is 6.13. The first-order chi connectivity index (χ1) is 29.7. The van der Waals surface area contributed by atoms with Crippen LogP contribution >= 0.6 is 0 Å². The molecule has 0 radical (unpaired) electrons. The molecule has 5 aromatic rings. The summed E-state index contributed by atoms with van der Waals surface area (Å²) in [4.78, 5) is 2.57. The molecule has 0 aliphatic heterocycles. The van der Waals surface area contributed by atoms with Gasteiger partial charge in [0.25, 0.3) is 0 Å². The van der Waals surface area contributed by atoms with Gasteiger partial charge in [-0.3, -0.25) is 0 Å². The summed E-state index contributed by atoms with van der Waals surface area (Å²) < 4.78 is 0. The van der Waals surface area contributed by atoms with Gasteiger partial charge in [-0.1, -0.05) is 157 Å². The third kappa shape index (κ3) is 4.27. The second-order valence-electron chi connectivity index (χ2n) is 17.6. The van der Waals surface area contributed by atoms with E-state index in [1.54, 1.807) is 5.57 Å². The Morgan fingerprint density at radius 2 is 1.42 bits per heavy atom. The lowest BCUT2D eigenvalue weighted by atomic mass is 9.64. The van der Waals surface area contributed by atoms with Gasteiger partial charge in [0.1, 0.15) is 0 Å². The van der Waals surface area contributed by atoms with Crippen molar-refractivity contribution in [2.24, 2.45) is 0 Å². The third-order valence-electron chi connectivity index (χ3n) is 14.8. The van der Waals surface area contributed by atoms with Gasteiger partial charge in [0.15, 0.2) is 0 Å². The van der Waals surface area contributed by atoms with Gasteiger partial charge in [-0.2, -0.15) is 0 Å². The molecular weight excluding hydrogens is 723 g/mol. The lowest BCUT2D eigenvalue weighted by molar-refractivity contribution is 0.712. The SMILES string of the molecule is Cc1ccc(C2(C3=CCCC=C3)C3=C(C=CC=CC3)c3ccc(N(c4ccccc4)c4cccc5c4C4=CC=CCC6=C4C54C5=C(CCC=C5)c5cccc6c54)cc32)cc1. The number of hydrogen-bond donors (Lipinski definition) is 0. The van der Waals surface area contributed by atoms with Gasteiger partial charge in [-0.15, -0.1) is 0 Å². The van der Waals surface area contributed by atoms with Crippen molar-refractivity contribution < 1.29 is 0 Å². The predicted molar refractivity (Wildman–Crippen MR) is 251 cm³/mol. The van der Waals surface area contributed by atoms with Crippen LogP contribution in [-0.4, -0.2) is 0 Å². The fraction of sp³-hybridized carbons (Fsp3) is 0.153. The number of allylic oxidation sites excluding steroid dienone is 20. The summed E-state index contributed by atoms with van der Waals surface area (Å²) in [5, 5.41) is 0. The Morgan fingerprint density at radius 3 is 2.28 bits per heavy atom. The minimum Gasteiger partial charge on any atom is -0.310 e. The maximum absolute atomic E-state index is 2.57. The standard InChI is InChI=1S/C59H45N/c1-38-31-33-40(34-32-38)58(39-17-5-2-6-18-39)50-27-10-4-9-21-43(50)45-36-35-42(37-53(45)58)60(41-19-7-3-8-20-41)54-30-16-29-52-55(54)49-24-12-11-23-47-48-26-15-25-46-44-22-13-14-28-51(44)59(52,56(46)48)57(47)49/h3-5,7-12,14-21,24-26,28-37H,2,6,13,22-23,27H2,1H3. The zero-order valence-electron chi connectivity index (χ0n) is 34.0. The quantitative estimate of drug-likeness (QED) is 0.172. The summed E-state index contributed by atoms with van der Waals surface area (Å²) in [7, 11) is 0. The number of aryl methyl sites for hydroxylation is 1. The van der Waals surface area contributed by atoms with Gasteiger partial charge in [0.2, 0.25) is 0 Å². The summed E-state index contributed by atoms with van der Waals surface area (Å²) in [6, 6.07) is 42.2. The molecule has 0 amide bonds. The molecule has 2 atom stereocenters. The number of rotatable bonds is 5. The predicted octanol–water partition coefficient (Wildman–Crippen LogP) is 14.8.